The summed E-state index contributed by atoms with van der Waals surface area (Å²) in [4.78, 5) is 13.9. The highest BCUT2D eigenvalue weighted by molar-refractivity contribution is 6.12. The third kappa shape index (κ3) is 2.80. The number of hydrogen-bond acceptors (Lipinski definition) is 3. The predicted octanol–water partition coefficient (Wildman–Crippen LogP) is 2.99. The standard InChI is InChI=1S/C16H14N2O/c1-18(2)11-15(10-17)16(19)14-8-7-12-5-3-4-6-13(12)9-14/h3-9,11H,1-2H3/b15-11-. The van der Waals surface area contributed by atoms with E-state index in [0.717, 1.165) is 10.8 Å². The molecule has 0 atom stereocenters. The molecule has 0 N–H and O–H groups in total. The molecule has 0 aliphatic rings. The maximum absolute atomic E-state index is 12.2. The van der Waals surface area contributed by atoms with Crippen molar-refractivity contribution in [3.05, 3.63) is 59.8 Å². The Morgan fingerprint density at radius 2 is 1.84 bits per heavy atom. The molecule has 0 fully saturated rings. The summed E-state index contributed by atoms with van der Waals surface area (Å²) in [5.41, 5.74) is 0.675. The molecule has 0 aliphatic carbocycles. The first-order valence-corrected chi connectivity index (χ1v) is 5.93. The van der Waals surface area contributed by atoms with Crippen molar-refractivity contribution in [2.75, 3.05) is 14.1 Å². The van der Waals surface area contributed by atoms with Crippen molar-refractivity contribution in [2.45, 2.75) is 0 Å². The molecule has 0 saturated carbocycles. The van der Waals surface area contributed by atoms with Gasteiger partial charge in [-0.15, -0.1) is 0 Å². The Labute approximate surface area is 112 Å². The van der Waals surface area contributed by atoms with E-state index in [9.17, 15) is 4.79 Å². The number of benzene rings is 2. The smallest absolute Gasteiger partial charge is 0.205 e. The van der Waals surface area contributed by atoms with E-state index in [2.05, 4.69) is 0 Å². The molecule has 0 unspecified atom stereocenters. The van der Waals surface area contributed by atoms with Gasteiger partial charge in [-0.25, -0.2) is 0 Å². The predicted molar refractivity (Wildman–Crippen MR) is 75.7 cm³/mol. The number of carbonyl (C=O) groups excluding carboxylic acids is 1. The average Bonchev–Trinajstić information content (AvgIpc) is 2.43. The van der Waals surface area contributed by atoms with Crippen LogP contribution in [-0.2, 0) is 0 Å². The maximum atomic E-state index is 12.2. The molecule has 3 nitrogen and oxygen atoms in total. The third-order valence-corrected chi connectivity index (χ3v) is 2.76. The number of rotatable bonds is 3. The zero-order chi connectivity index (χ0) is 13.8. The van der Waals surface area contributed by atoms with Gasteiger partial charge in [0.25, 0.3) is 0 Å². The molecular weight excluding hydrogens is 236 g/mol. The molecule has 2 rings (SSSR count). The van der Waals surface area contributed by atoms with Gasteiger partial charge in [-0.2, -0.15) is 5.26 Å². The van der Waals surface area contributed by atoms with Gasteiger partial charge in [0.05, 0.1) is 0 Å². The molecule has 3 heteroatoms. The Kier molecular flexibility index (Phi) is 3.63. The van der Waals surface area contributed by atoms with E-state index in [1.54, 1.807) is 25.1 Å². The van der Waals surface area contributed by atoms with Crippen molar-refractivity contribution in [1.82, 2.24) is 4.90 Å². The van der Waals surface area contributed by atoms with Gasteiger partial charge >= 0.3 is 0 Å². The molecule has 0 saturated heterocycles. The van der Waals surface area contributed by atoms with Gasteiger partial charge < -0.3 is 4.90 Å². The first-order chi connectivity index (χ1) is 9.11. The van der Waals surface area contributed by atoms with Crippen LogP contribution in [0.4, 0.5) is 0 Å². The number of nitriles is 1. The monoisotopic (exact) mass is 250 g/mol. The summed E-state index contributed by atoms with van der Waals surface area (Å²) in [6, 6.07) is 15.2. The van der Waals surface area contributed by atoms with Gasteiger partial charge in [-0.1, -0.05) is 36.4 Å². The number of hydrogen-bond donors (Lipinski definition) is 0. The number of fused-ring (bicyclic) bond motifs is 1. The van der Waals surface area contributed by atoms with Crippen LogP contribution in [0.25, 0.3) is 10.8 Å². The van der Waals surface area contributed by atoms with Crippen LogP contribution in [0.5, 0.6) is 0 Å². The van der Waals surface area contributed by atoms with Crippen LogP contribution >= 0.6 is 0 Å². The first kappa shape index (κ1) is 12.8. The van der Waals surface area contributed by atoms with Crippen molar-refractivity contribution in [3.8, 4) is 6.07 Å². The second kappa shape index (κ2) is 5.36. The van der Waals surface area contributed by atoms with E-state index >= 15 is 0 Å². The fourth-order valence-corrected chi connectivity index (χ4v) is 1.88. The minimum absolute atomic E-state index is 0.139. The molecule has 2 aromatic rings. The minimum Gasteiger partial charge on any atom is -0.382 e. The largest absolute Gasteiger partial charge is 0.382 e. The SMILES string of the molecule is CN(C)/C=C(/C#N)C(=O)c1ccc2ccccc2c1. The van der Waals surface area contributed by atoms with Gasteiger partial charge in [-0.3, -0.25) is 4.79 Å². The second-order valence-electron chi connectivity index (χ2n) is 4.51. The Hall–Kier alpha value is -2.60. The Balaban J connectivity index is 2.44. The molecule has 94 valence electrons. The highest BCUT2D eigenvalue weighted by Gasteiger charge is 2.12. The Morgan fingerprint density at radius 1 is 1.16 bits per heavy atom. The molecule has 2 aromatic carbocycles. The fraction of sp³-hybridized carbons (Fsp3) is 0.125. The number of carbonyl (C=O) groups is 1. The number of allylic oxidation sites excluding steroid dienone is 1. The van der Waals surface area contributed by atoms with Crippen LogP contribution in [-0.4, -0.2) is 24.8 Å². The lowest BCUT2D eigenvalue weighted by molar-refractivity contribution is 0.103. The van der Waals surface area contributed by atoms with Crippen molar-refractivity contribution in [3.63, 3.8) is 0 Å². The van der Waals surface area contributed by atoms with Gasteiger partial charge in [0.2, 0.25) is 5.78 Å². The van der Waals surface area contributed by atoms with Gasteiger partial charge in [0.15, 0.2) is 0 Å². The summed E-state index contributed by atoms with van der Waals surface area (Å²) in [5.74, 6) is -0.248. The van der Waals surface area contributed by atoms with Crippen LogP contribution < -0.4 is 0 Å². The topological polar surface area (TPSA) is 44.1 Å². The summed E-state index contributed by atoms with van der Waals surface area (Å²) >= 11 is 0. The lowest BCUT2D eigenvalue weighted by Gasteiger charge is -2.06. The molecular formula is C16H14N2O. The quantitative estimate of drug-likeness (QED) is 0.478. The van der Waals surface area contributed by atoms with E-state index in [4.69, 9.17) is 5.26 Å². The summed E-state index contributed by atoms with van der Waals surface area (Å²) < 4.78 is 0. The molecule has 0 aliphatic heterocycles. The minimum atomic E-state index is -0.248. The lowest BCUT2D eigenvalue weighted by atomic mass is 10.0. The number of ketones is 1. The van der Waals surface area contributed by atoms with Crippen molar-refractivity contribution in [2.24, 2.45) is 0 Å². The van der Waals surface area contributed by atoms with E-state index < -0.39 is 0 Å². The summed E-state index contributed by atoms with van der Waals surface area (Å²) in [6.07, 6.45) is 1.54. The summed E-state index contributed by atoms with van der Waals surface area (Å²) in [7, 11) is 3.57. The van der Waals surface area contributed by atoms with Crippen LogP contribution in [0.3, 0.4) is 0 Å². The van der Waals surface area contributed by atoms with Gasteiger partial charge in [-0.05, 0) is 16.8 Å². The zero-order valence-electron chi connectivity index (χ0n) is 10.9. The molecule has 0 bridgehead atoms. The van der Waals surface area contributed by atoms with Crippen LogP contribution in [0.15, 0.2) is 54.2 Å². The van der Waals surface area contributed by atoms with Crippen molar-refractivity contribution in [1.29, 1.82) is 5.26 Å². The summed E-state index contributed by atoms with van der Waals surface area (Å²) in [5, 5.41) is 11.1. The lowest BCUT2D eigenvalue weighted by Crippen LogP contribution is -2.08. The second-order valence-corrected chi connectivity index (χ2v) is 4.51. The van der Waals surface area contributed by atoms with Crippen molar-refractivity contribution >= 4 is 16.6 Å². The van der Waals surface area contributed by atoms with Crippen LogP contribution in [0.2, 0.25) is 0 Å². The highest BCUT2D eigenvalue weighted by atomic mass is 16.1. The number of nitrogens with zero attached hydrogens (tertiary/aromatic N) is 2. The van der Waals surface area contributed by atoms with Crippen molar-refractivity contribution < 1.29 is 4.79 Å². The third-order valence-electron chi connectivity index (χ3n) is 2.76. The van der Waals surface area contributed by atoms with E-state index in [1.165, 1.54) is 6.20 Å². The van der Waals surface area contributed by atoms with Gasteiger partial charge in [0.1, 0.15) is 11.6 Å². The first-order valence-electron chi connectivity index (χ1n) is 5.93. The maximum Gasteiger partial charge on any atom is 0.205 e. The zero-order valence-corrected chi connectivity index (χ0v) is 10.9. The Bertz CT molecular complexity index is 693. The average molecular weight is 250 g/mol. The van der Waals surface area contributed by atoms with E-state index in [1.807, 2.05) is 42.5 Å². The molecule has 0 spiro atoms. The van der Waals surface area contributed by atoms with Crippen LogP contribution in [0.1, 0.15) is 10.4 Å². The van der Waals surface area contributed by atoms with Gasteiger partial charge in [0, 0.05) is 25.9 Å². The fourth-order valence-electron chi connectivity index (χ4n) is 1.88. The molecule has 0 aromatic heterocycles. The number of Topliss-reactive ketones (excluding diaryl/α,β-unsaturated/α-hetero) is 1. The molecule has 19 heavy (non-hydrogen) atoms. The molecule has 0 heterocycles. The normalized spacial score (nSPS) is 11.1. The van der Waals surface area contributed by atoms with Crippen LogP contribution in [0, 0.1) is 11.3 Å². The van der Waals surface area contributed by atoms with E-state index in [0.29, 0.717) is 5.56 Å². The summed E-state index contributed by atoms with van der Waals surface area (Å²) in [6.45, 7) is 0. The highest BCUT2D eigenvalue weighted by Crippen LogP contribution is 2.17. The molecule has 0 radical (unpaired) electrons. The van der Waals surface area contributed by atoms with E-state index in [-0.39, 0.29) is 11.4 Å². The Morgan fingerprint density at radius 3 is 2.47 bits per heavy atom. The molecule has 0 amide bonds.